The molecule has 1 atom stereocenters. The standard InChI is InChI=1S/C16H19N7O.C8H9ClS/c1-12(19-11-24)15-20-16(22-7-3-2-4-8-22)21-23(15)14-6-5-13(9-17)10-18-14;1-6-3-7(9)5-8(4-6)10-2/h5-6,10-12H,2-4,7-8H2,1H3,(H,19,24);3-5H,1-2H3/t12-;/m0./s1. The number of hydrogen-bond donors (Lipinski definition) is 1. The highest BCUT2D eigenvalue weighted by molar-refractivity contribution is 7.98. The second-order valence-corrected chi connectivity index (χ2v) is 9.24. The Morgan fingerprint density at radius 3 is 2.59 bits per heavy atom. The number of benzene rings is 1. The molecule has 0 saturated carbocycles. The van der Waals surface area contributed by atoms with Gasteiger partial charge < -0.3 is 10.2 Å². The van der Waals surface area contributed by atoms with Gasteiger partial charge in [0.05, 0.1) is 11.6 Å². The van der Waals surface area contributed by atoms with Crippen LogP contribution in [0.4, 0.5) is 5.95 Å². The Morgan fingerprint density at radius 1 is 1.24 bits per heavy atom. The van der Waals surface area contributed by atoms with Crippen molar-refractivity contribution in [3.8, 4) is 11.9 Å². The third kappa shape index (κ3) is 6.72. The summed E-state index contributed by atoms with van der Waals surface area (Å²) in [5.41, 5.74) is 1.70. The van der Waals surface area contributed by atoms with Gasteiger partial charge in [-0.15, -0.1) is 16.9 Å². The highest BCUT2D eigenvalue weighted by atomic mass is 35.5. The molecule has 2 aromatic heterocycles. The summed E-state index contributed by atoms with van der Waals surface area (Å²) in [6.07, 6.45) is 7.67. The van der Waals surface area contributed by atoms with Gasteiger partial charge in [0.25, 0.3) is 0 Å². The van der Waals surface area contributed by atoms with Gasteiger partial charge >= 0.3 is 0 Å². The van der Waals surface area contributed by atoms with Crippen LogP contribution < -0.4 is 10.2 Å². The first kappa shape index (κ1) is 25.5. The molecule has 8 nitrogen and oxygen atoms in total. The van der Waals surface area contributed by atoms with E-state index in [-0.39, 0.29) is 6.04 Å². The summed E-state index contributed by atoms with van der Waals surface area (Å²) < 4.78 is 1.63. The van der Waals surface area contributed by atoms with Crippen LogP contribution in [0.2, 0.25) is 5.02 Å². The van der Waals surface area contributed by atoms with Crippen LogP contribution in [0.25, 0.3) is 5.82 Å². The minimum Gasteiger partial charge on any atom is -0.349 e. The maximum absolute atomic E-state index is 10.8. The monoisotopic (exact) mass is 497 g/mol. The van der Waals surface area contributed by atoms with Gasteiger partial charge in [-0.3, -0.25) is 4.79 Å². The molecule has 0 unspecified atom stereocenters. The van der Waals surface area contributed by atoms with Crippen molar-refractivity contribution in [2.45, 2.75) is 44.0 Å². The molecule has 4 rings (SSSR count). The maximum atomic E-state index is 10.8. The Balaban J connectivity index is 0.000000271. The van der Waals surface area contributed by atoms with Crippen LogP contribution in [0, 0.1) is 18.3 Å². The molecule has 1 aliphatic rings. The number of nitrogens with one attached hydrogen (secondary N) is 1. The smallest absolute Gasteiger partial charge is 0.245 e. The molecule has 1 aliphatic heterocycles. The molecular weight excluding hydrogens is 470 g/mol. The Morgan fingerprint density at radius 2 is 2.00 bits per heavy atom. The zero-order valence-corrected chi connectivity index (χ0v) is 21.1. The number of nitrogens with zero attached hydrogens (tertiary/aromatic N) is 6. The third-order valence-corrected chi connectivity index (χ3v) is 6.24. The summed E-state index contributed by atoms with van der Waals surface area (Å²) >= 11 is 7.53. The highest BCUT2D eigenvalue weighted by Crippen LogP contribution is 2.22. The Bertz CT molecular complexity index is 1120. The van der Waals surface area contributed by atoms with E-state index in [0.717, 1.165) is 31.0 Å². The first-order valence-electron chi connectivity index (χ1n) is 11.0. The number of carbonyl (C=O) groups is 1. The van der Waals surface area contributed by atoms with E-state index in [1.165, 1.54) is 23.1 Å². The van der Waals surface area contributed by atoms with E-state index >= 15 is 0 Å². The zero-order valence-electron chi connectivity index (χ0n) is 19.5. The second kappa shape index (κ2) is 12.4. The van der Waals surface area contributed by atoms with Gasteiger partial charge in [-0.05, 0) is 75.3 Å². The lowest BCUT2D eigenvalue weighted by atomic mass is 10.1. The van der Waals surface area contributed by atoms with Crippen LogP contribution >= 0.6 is 23.4 Å². The highest BCUT2D eigenvalue weighted by Gasteiger charge is 2.22. The fraction of sp³-hybridized carbons (Fsp3) is 0.375. The molecule has 1 N–H and O–H groups in total. The van der Waals surface area contributed by atoms with Gasteiger partial charge in [0.1, 0.15) is 6.07 Å². The number of carbonyl (C=O) groups excluding carboxylic acids is 1. The molecule has 3 heterocycles. The summed E-state index contributed by atoms with van der Waals surface area (Å²) in [4.78, 5) is 23.1. The Hall–Kier alpha value is -3.09. The van der Waals surface area contributed by atoms with Crippen LogP contribution in [-0.4, -0.2) is 45.5 Å². The van der Waals surface area contributed by atoms with Crippen LogP contribution in [0.1, 0.15) is 49.2 Å². The molecule has 0 bridgehead atoms. The first-order chi connectivity index (χ1) is 16.4. The number of piperidine rings is 1. The topological polar surface area (TPSA) is 99.7 Å². The van der Waals surface area contributed by atoms with Crippen molar-refractivity contribution in [2.75, 3.05) is 24.2 Å². The molecule has 0 radical (unpaired) electrons. The molecule has 0 spiro atoms. The van der Waals surface area contributed by atoms with E-state index in [2.05, 4.69) is 31.3 Å². The van der Waals surface area contributed by atoms with Crippen LogP contribution in [-0.2, 0) is 4.79 Å². The Labute approximate surface area is 209 Å². The first-order valence-corrected chi connectivity index (χ1v) is 12.6. The number of aromatic nitrogens is 4. The third-order valence-electron chi connectivity index (χ3n) is 5.31. The molecule has 34 heavy (non-hydrogen) atoms. The van der Waals surface area contributed by atoms with Crippen LogP contribution in [0.5, 0.6) is 0 Å². The van der Waals surface area contributed by atoms with E-state index in [9.17, 15) is 4.79 Å². The molecule has 0 aliphatic carbocycles. The molecule has 10 heteroatoms. The quantitative estimate of drug-likeness (QED) is 0.389. The lowest BCUT2D eigenvalue weighted by Crippen LogP contribution is -2.30. The fourth-order valence-corrected chi connectivity index (χ4v) is 4.47. The lowest BCUT2D eigenvalue weighted by molar-refractivity contribution is -0.110. The number of anilines is 1. The van der Waals surface area contributed by atoms with Crippen molar-refractivity contribution in [1.82, 2.24) is 25.1 Å². The number of aryl methyl sites for hydroxylation is 1. The number of halogens is 1. The van der Waals surface area contributed by atoms with E-state index in [1.807, 2.05) is 38.3 Å². The average molecular weight is 498 g/mol. The van der Waals surface area contributed by atoms with Gasteiger partial charge in [-0.1, -0.05) is 11.6 Å². The normalized spacial score (nSPS) is 13.9. The summed E-state index contributed by atoms with van der Waals surface area (Å²) in [7, 11) is 0. The summed E-state index contributed by atoms with van der Waals surface area (Å²) in [5, 5.41) is 17.0. The lowest BCUT2D eigenvalue weighted by Gasteiger charge is -2.25. The molecule has 178 valence electrons. The van der Waals surface area contributed by atoms with Gasteiger partial charge in [0.2, 0.25) is 12.4 Å². The predicted octanol–water partition coefficient (Wildman–Crippen LogP) is 4.70. The van der Waals surface area contributed by atoms with Gasteiger partial charge in [0.15, 0.2) is 11.6 Å². The number of hydrogen-bond acceptors (Lipinski definition) is 7. The minimum atomic E-state index is -0.300. The van der Waals surface area contributed by atoms with Crippen molar-refractivity contribution >= 4 is 35.7 Å². The predicted molar refractivity (Wildman–Crippen MR) is 136 cm³/mol. The number of thioether (sulfide) groups is 1. The number of nitriles is 1. The zero-order chi connectivity index (χ0) is 24.5. The summed E-state index contributed by atoms with van der Waals surface area (Å²) in [6, 6.07) is 11.2. The molecule has 1 amide bonds. The molecule has 1 fully saturated rings. The maximum Gasteiger partial charge on any atom is 0.245 e. The SMILES string of the molecule is CSc1cc(C)cc(Cl)c1.C[C@H](NC=O)c1nc(N2CCCCC2)nn1-c1ccc(C#N)cn1. The van der Waals surface area contributed by atoms with Crippen molar-refractivity contribution in [2.24, 2.45) is 0 Å². The molecular formula is C24H28ClN7OS. The summed E-state index contributed by atoms with van der Waals surface area (Å²) in [5.74, 6) is 1.83. The van der Waals surface area contributed by atoms with Gasteiger partial charge in [-0.2, -0.15) is 14.9 Å². The van der Waals surface area contributed by atoms with Crippen molar-refractivity contribution in [1.29, 1.82) is 5.26 Å². The van der Waals surface area contributed by atoms with E-state index < -0.39 is 0 Å². The number of pyridine rings is 1. The van der Waals surface area contributed by atoms with E-state index in [4.69, 9.17) is 16.9 Å². The average Bonchev–Trinajstić information content (AvgIpc) is 3.30. The van der Waals surface area contributed by atoms with Gasteiger partial charge in [0, 0.05) is 29.2 Å². The van der Waals surface area contributed by atoms with Crippen molar-refractivity contribution in [3.05, 3.63) is 58.5 Å². The van der Waals surface area contributed by atoms with E-state index in [1.54, 1.807) is 28.6 Å². The summed E-state index contributed by atoms with van der Waals surface area (Å²) in [6.45, 7) is 5.75. The second-order valence-electron chi connectivity index (χ2n) is 7.92. The number of amides is 1. The molecule has 3 aromatic rings. The molecule has 1 saturated heterocycles. The van der Waals surface area contributed by atoms with Crippen molar-refractivity contribution in [3.63, 3.8) is 0 Å². The molecule has 1 aromatic carbocycles. The largest absolute Gasteiger partial charge is 0.349 e. The van der Waals surface area contributed by atoms with Gasteiger partial charge in [-0.25, -0.2) is 4.98 Å². The van der Waals surface area contributed by atoms with Crippen molar-refractivity contribution < 1.29 is 4.79 Å². The fourth-order valence-electron chi connectivity index (χ4n) is 3.56. The minimum absolute atomic E-state index is 0.300. The number of rotatable bonds is 6. The van der Waals surface area contributed by atoms with Crippen LogP contribution in [0.15, 0.2) is 41.4 Å². The van der Waals surface area contributed by atoms with Crippen LogP contribution in [0.3, 0.4) is 0 Å². The van der Waals surface area contributed by atoms with E-state index in [0.29, 0.717) is 29.6 Å². The Kier molecular flexibility index (Phi) is 9.31.